The Morgan fingerprint density at radius 2 is 1.83 bits per heavy atom. The third-order valence-corrected chi connectivity index (χ3v) is 1.23. The maximum absolute atomic E-state index is 10.2. The number of hydrogen-bond donors (Lipinski definition) is 2. The minimum atomic E-state index is -1.73. The number of ether oxygens (including phenoxy) is 1. The van der Waals surface area contributed by atoms with Gasteiger partial charge in [0.15, 0.2) is 0 Å². The summed E-state index contributed by atoms with van der Waals surface area (Å²) in [6.07, 6.45) is -0.222. The highest BCUT2D eigenvalue weighted by Gasteiger charge is 2.25. The second kappa shape index (κ2) is 5.54. The summed E-state index contributed by atoms with van der Waals surface area (Å²) in [7, 11) is 0. The van der Waals surface area contributed by atoms with Crippen LogP contribution in [0.3, 0.4) is 0 Å². The lowest BCUT2D eigenvalue weighted by Gasteiger charge is -2.07. The summed E-state index contributed by atoms with van der Waals surface area (Å²) in [5.74, 6) is -2.92. The van der Waals surface area contributed by atoms with E-state index in [2.05, 4.69) is 4.74 Å². The second-order valence-electron chi connectivity index (χ2n) is 2.28. The Kier molecular flexibility index (Phi) is 5.03. The van der Waals surface area contributed by atoms with Crippen molar-refractivity contribution in [2.75, 3.05) is 6.61 Å². The van der Waals surface area contributed by atoms with Crippen LogP contribution in [0.1, 0.15) is 19.8 Å². The predicted octanol–water partition coefficient (Wildman–Crippen LogP) is 0.341. The fourth-order valence-corrected chi connectivity index (χ4v) is 0.594. The van der Waals surface area contributed by atoms with Gasteiger partial charge in [0.1, 0.15) is 0 Å². The third-order valence-electron chi connectivity index (χ3n) is 1.23. The molecule has 0 saturated heterocycles. The van der Waals surface area contributed by atoms with Crippen LogP contribution in [-0.2, 0) is 14.3 Å². The Balaban J connectivity index is 3.80. The highest BCUT2D eigenvalue weighted by molar-refractivity contribution is 5.95. The van der Waals surface area contributed by atoms with Gasteiger partial charge in [-0.3, -0.25) is 0 Å². The number of aliphatic carboxylic acids is 2. The molecule has 12 heavy (non-hydrogen) atoms. The zero-order valence-electron chi connectivity index (χ0n) is 6.82. The fourth-order valence-electron chi connectivity index (χ4n) is 0.594. The van der Waals surface area contributed by atoms with Crippen molar-refractivity contribution in [2.45, 2.75) is 25.9 Å². The predicted molar refractivity (Wildman–Crippen MR) is 39.9 cm³/mol. The first kappa shape index (κ1) is 10.9. The van der Waals surface area contributed by atoms with Gasteiger partial charge in [-0.1, -0.05) is 13.3 Å². The number of carboxylic acids is 2. The van der Waals surface area contributed by atoms with E-state index in [0.717, 1.165) is 6.42 Å². The quantitative estimate of drug-likeness (QED) is 0.450. The van der Waals surface area contributed by atoms with Gasteiger partial charge in [-0.2, -0.15) is 0 Å². The molecule has 0 saturated carbocycles. The molecule has 0 spiro atoms. The maximum atomic E-state index is 10.2. The average molecular weight is 176 g/mol. The highest BCUT2D eigenvalue weighted by Crippen LogP contribution is 1.96. The molecule has 0 amide bonds. The summed E-state index contributed by atoms with van der Waals surface area (Å²) in [4.78, 5) is 20.5. The van der Waals surface area contributed by atoms with Crippen molar-refractivity contribution in [3.8, 4) is 0 Å². The van der Waals surface area contributed by atoms with Crippen LogP contribution in [0.15, 0.2) is 0 Å². The Hall–Kier alpha value is -1.10. The molecule has 0 fully saturated rings. The Morgan fingerprint density at radius 1 is 1.33 bits per heavy atom. The zero-order chi connectivity index (χ0) is 9.56. The average Bonchev–Trinajstić information content (AvgIpc) is 1.96. The standard InChI is InChI=1S/C7H12O5/c1-2-3-4-12-5(6(8)9)7(10)11/h5H,2-4H2,1H3,(H,8,9)(H,10,11). The van der Waals surface area contributed by atoms with E-state index >= 15 is 0 Å². The van der Waals surface area contributed by atoms with Crippen molar-refractivity contribution < 1.29 is 24.5 Å². The van der Waals surface area contributed by atoms with Crippen LogP contribution in [0.25, 0.3) is 0 Å². The summed E-state index contributed by atoms with van der Waals surface area (Å²) in [5.41, 5.74) is 0. The fraction of sp³-hybridized carbons (Fsp3) is 0.714. The molecule has 0 unspecified atom stereocenters. The Labute approximate surface area is 70.0 Å². The molecule has 5 heteroatoms. The SMILES string of the molecule is CCCCOC(C(=O)O)C(=O)O. The van der Waals surface area contributed by atoms with Crippen LogP contribution in [0.2, 0.25) is 0 Å². The first-order valence-corrected chi connectivity index (χ1v) is 3.66. The minimum Gasteiger partial charge on any atom is -0.479 e. The van der Waals surface area contributed by atoms with Crippen LogP contribution in [-0.4, -0.2) is 34.9 Å². The van der Waals surface area contributed by atoms with E-state index in [0.29, 0.717) is 6.42 Å². The molecule has 0 aliphatic rings. The number of rotatable bonds is 6. The Bertz CT molecular complexity index is 151. The lowest BCUT2D eigenvalue weighted by Crippen LogP contribution is -2.32. The molecule has 5 nitrogen and oxygen atoms in total. The lowest BCUT2D eigenvalue weighted by atomic mass is 10.3. The third kappa shape index (κ3) is 3.92. The number of carbonyl (C=O) groups is 2. The summed E-state index contributed by atoms with van der Waals surface area (Å²) in [6, 6.07) is 0. The van der Waals surface area contributed by atoms with E-state index in [-0.39, 0.29) is 6.61 Å². The van der Waals surface area contributed by atoms with Gasteiger partial charge < -0.3 is 14.9 Å². The largest absolute Gasteiger partial charge is 0.479 e. The molecule has 0 aliphatic carbocycles. The maximum Gasteiger partial charge on any atom is 0.344 e. The number of hydrogen-bond acceptors (Lipinski definition) is 3. The number of carboxylic acid groups (broad SMARTS) is 2. The van der Waals surface area contributed by atoms with Gasteiger partial charge in [0, 0.05) is 6.61 Å². The molecule has 0 aliphatic heterocycles. The van der Waals surface area contributed by atoms with Crippen LogP contribution in [0.4, 0.5) is 0 Å². The van der Waals surface area contributed by atoms with Gasteiger partial charge in [-0.05, 0) is 6.42 Å². The molecule has 0 heterocycles. The lowest BCUT2D eigenvalue weighted by molar-refractivity contribution is -0.165. The van der Waals surface area contributed by atoms with E-state index in [1.54, 1.807) is 0 Å². The zero-order valence-corrected chi connectivity index (χ0v) is 6.82. The van der Waals surface area contributed by atoms with Gasteiger partial charge in [0.25, 0.3) is 6.10 Å². The van der Waals surface area contributed by atoms with E-state index in [9.17, 15) is 9.59 Å². The van der Waals surface area contributed by atoms with E-state index in [1.807, 2.05) is 6.92 Å². The molecule has 70 valence electrons. The van der Waals surface area contributed by atoms with Crippen LogP contribution in [0.5, 0.6) is 0 Å². The van der Waals surface area contributed by atoms with Crippen molar-refractivity contribution in [2.24, 2.45) is 0 Å². The second-order valence-corrected chi connectivity index (χ2v) is 2.28. The van der Waals surface area contributed by atoms with E-state index < -0.39 is 18.0 Å². The summed E-state index contributed by atoms with van der Waals surface area (Å²) in [5, 5.41) is 16.7. The summed E-state index contributed by atoms with van der Waals surface area (Å²) in [6.45, 7) is 2.07. The first-order chi connectivity index (χ1) is 5.59. The summed E-state index contributed by atoms with van der Waals surface area (Å²) >= 11 is 0. The molecule has 0 rings (SSSR count). The Morgan fingerprint density at radius 3 is 2.17 bits per heavy atom. The first-order valence-electron chi connectivity index (χ1n) is 3.66. The van der Waals surface area contributed by atoms with E-state index in [4.69, 9.17) is 10.2 Å². The number of unbranched alkanes of at least 4 members (excludes halogenated alkanes) is 1. The van der Waals surface area contributed by atoms with E-state index in [1.165, 1.54) is 0 Å². The van der Waals surface area contributed by atoms with Crippen LogP contribution < -0.4 is 0 Å². The molecular weight excluding hydrogens is 164 g/mol. The molecule has 0 aromatic heterocycles. The normalized spacial score (nSPS) is 10.2. The van der Waals surface area contributed by atoms with Gasteiger partial charge in [0.05, 0.1) is 0 Å². The molecule has 0 radical (unpaired) electrons. The molecule has 2 N–H and O–H groups in total. The van der Waals surface area contributed by atoms with Crippen molar-refractivity contribution in [1.29, 1.82) is 0 Å². The van der Waals surface area contributed by atoms with Crippen molar-refractivity contribution in [3.05, 3.63) is 0 Å². The van der Waals surface area contributed by atoms with Crippen molar-refractivity contribution in [3.63, 3.8) is 0 Å². The monoisotopic (exact) mass is 176 g/mol. The molecule has 0 aromatic rings. The summed E-state index contributed by atoms with van der Waals surface area (Å²) < 4.78 is 4.61. The smallest absolute Gasteiger partial charge is 0.344 e. The van der Waals surface area contributed by atoms with Crippen molar-refractivity contribution >= 4 is 11.9 Å². The molecule has 0 aromatic carbocycles. The molecule has 0 bridgehead atoms. The highest BCUT2D eigenvalue weighted by atomic mass is 16.5. The van der Waals surface area contributed by atoms with Gasteiger partial charge in [-0.15, -0.1) is 0 Å². The minimum absolute atomic E-state index is 0.166. The van der Waals surface area contributed by atoms with Gasteiger partial charge in [0.2, 0.25) is 0 Å². The van der Waals surface area contributed by atoms with Crippen LogP contribution in [0, 0.1) is 0 Å². The molecule has 0 atom stereocenters. The van der Waals surface area contributed by atoms with Crippen LogP contribution >= 0.6 is 0 Å². The topological polar surface area (TPSA) is 83.8 Å². The van der Waals surface area contributed by atoms with Crippen molar-refractivity contribution in [1.82, 2.24) is 0 Å². The van der Waals surface area contributed by atoms with Gasteiger partial charge in [-0.25, -0.2) is 9.59 Å². The van der Waals surface area contributed by atoms with Gasteiger partial charge >= 0.3 is 11.9 Å². The molecular formula is C7H12O5.